The van der Waals surface area contributed by atoms with E-state index in [1.807, 2.05) is 0 Å². The number of ether oxygens (including phenoxy) is 1. The first-order chi connectivity index (χ1) is 6.88. The van der Waals surface area contributed by atoms with Crippen LogP contribution < -0.4 is 5.14 Å². The average Bonchev–Trinajstić information content (AvgIpc) is 2.15. The van der Waals surface area contributed by atoms with E-state index in [4.69, 9.17) is 5.14 Å². The molecule has 0 heterocycles. The summed E-state index contributed by atoms with van der Waals surface area (Å²) in [6.45, 7) is 0. The highest BCUT2D eigenvalue weighted by atomic mass is 127. The lowest BCUT2D eigenvalue weighted by Crippen LogP contribution is -2.16. The molecule has 1 aromatic rings. The van der Waals surface area contributed by atoms with Crippen LogP contribution in [0.2, 0.25) is 0 Å². The summed E-state index contributed by atoms with van der Waals surface area (Å²) >= 11 is 1.74. The fourth-order valence-corrected chi connectivity index (χ4v) is 3.13. The lowest BCUT2D eigenvalue weighted by Gasteiger charge is -2.06. The summed E-state index contributed by atoms with van der Waals surface area (Å²) in [6, 6.07) is 4.25. The zero-order chi connectivity index (χ0) is 11.6. The van der Waals surface area contributed by atoms with Crippen molar-refractivity contribution in [1.29, 1.82) is 0 Å². The molecule has 0 saturated heterocycles. The van der Waals surface area contributed by atoms with Crippen molar-refractivity contribution in [3.63, 3.8) is 0 Å². The van der Waals surface area contributed by atoms with Gasteiger partial charge in [-0.3, -0.25) is 0 Å². The predicted octanol–water partition coefficient (Wildman–Crippen LogP) is 0.725. The minimum Gasteiger partial charge on any atom is -0.465 e. The van der Waals surface area contributed by atoms with Gasteiger partial charge in [0.1, 0.15) is 0 Å². The zero-order valence-electron chi connectivity index (χ0n) is 7.73. The molecule has 0 amide bonds. The Hall–Kier alpha value is -0.670. The molecule has 0 aliphatic carbocycles. The number of carbonyl (C=O) groups is 1. The first kappa shape index (κ1) is 12.4. The number of halogens is 1. The zero-order valence-corrected chi connectivity index (χ0v) is 10.7. The van der Waals surface area contributed by atoms with Gasteiger partial charge in [-0.25, -0.2) is 18.4 Å². The molecular weight excluding hydrogens is 333 g/mol. The number of methoxy groups -OCH3 is 1. The molecule has 0 aliphatic heterocycles. The maximum absolute atomic E-state index is 11.3. The first-order valence-corrected chi connectivity index (χ1v) is 6.40. The van der Waals surface area contributed by atoms with Gasteiger partial charge < -0.3 is 4.74 Å². The molecule has 0 atom stereocenters. The Morgan fingerprint density at radius 2 is 2.07 bits per heavy atom. The summed E-state index contributed by atoms with van der Waals surface area (Å²) in [5.74, 6) is -0.593. The normalized spacial score (nSPS) is 11.1. The quantitative estimate of drug-likeness (QED) is 0.635. The van der Waals surface area contributed by atoms with Crippen LogP contribution in [0.4, 0.5) is 0 Å². The highest BCUT2D eigenvalue weighted by Gasteiger charge is 2.18. The molecule has 2 N–H and O–H groups in total. The van der Waals surface area contributed by atoms with Crippen LogP contribution in [0, 0.1) is 3.57 Å². The van der Waals surface area contributed by atoms with Gasteiger partial charge in [-0.15, -0.1) is 0 Å². The van der Waals surface area contributed by atoms with Crippen molar-refractivity contribution in [2.24, 2.45) is 5.14 Å². The van der Waals surface area contributed by atoms with Crippen LogP contribution in [0.25, 0.3) is 0 Å². The molecule has 0 bridgehead atoms. The number of hydrogen-bond donors (Lipinski definition) is 1. The van der Waals surface area contributed by atoms with Gasteiger partial charge in [-0.05, 0) is 34.7 Å². The van der Waals surface area contributed by atoms with Crippen molar-refractivity contribution >= 4 is 38.6 Å². The highest BCUT2D eigenvalue weighted by Crippen LogP contribution is 2.21. The molecule has 0 unspecified atom stereocenters. The Labute approximate surface area is 101 Å². The van der Waals surface area contributed by atoms with Gasteiger partial charge in [0.2, 0.25) is 10.0 Å². The number of carbonyl (C=O) groups excluding carboxylic acids is 1. The Morgan fingerprint density at radius 3 is 2.53 bits per heavy atom. The van der Waals surface area contributed by atoms with Crippen LogP contribution in [0.1, 0.15) is 10.4 Å². The van der Waals surface area contributed by atoms with E-state index >= 15 is 0 Å². The van der Waals surface area contributed by atoms with Crippen LogP contribution in [-0.2, 0) is 14.8 Å². The number of sulfonamides is 1. The standard InChI is InChI=1S/C8H8INO4S/c1-14-8(11)5-3-2-4-6(7(5)9)15(10,12)13/h2-4H,1H3,(H2,10,12,13). The third-order valence-electron chi connectivity index (χ3n) is 1.68. The van der Waals surface area contributed by atoms with E-state index in [0.29, 0.717) is 0 Å². The minimum atomic E-state index is -3.81. The van der Waals surface area contributed by atoms with Gasteiger partial charge in [0.15, 0.2) is 0 Å². The van der Waals surface area contributed by atoms with Crippen LogP contribution >= 0.6 is 22.6 Å². The van der Waals surface area contributed by atoms with Crippen molar-refractivity contribution in [3.8, 4) is 0 Å². The number of hydrogen-bond acceptors (Lipinski definition) is 4. The largest absolute Gasteiger partial charge is 0.465 e. The lowest BCUT2D eigenvalue weighted by atomic mass is 10.2. The highest BCUT2D eigenvalue weighted by molar-refractivity contribution is 14.1. The summed E-state index contributed by atoms with van der Waals surface area (Å²) in [7, 11) is -2.59. The maximum atomic E-state index is 11.3. The number of esters is 1. The second kappa shape index (κ2) is 4.45. The van der Waals surface area contributed by atoms with E-state index in [1.165, 1.54) is 25.3 Å². The van der Waals surface area contributed by atoms with Crippen molar-refractivity contribution in [2.45, 2.75) is 4.90 Å². The summed E-state index contributed by atoms with van der Waals surface area (Å²) in [6.07, 6.45) is 0. The first-order valence-electron chi connectivity index (χ1n) is 3.77. The molecule has 0 saturated carbocycles. The molecule has 1 aromatic carbocycles. The lowest BCUT2D eigenvalue weighted by molar-refractivity contribution is 0.0599. The molecule has 82 valence electrons. The predicted molar refractivity (Wildman–Crippen MR) is 61.9 cm³/mol. The topological polar surface area (TPSA) is 86.5 Å². The van der Waals surface area contributed by atoms with Crippen molar-refractivity contribution in [2.75, 3.05) is 7.11 Å². The van der Waals surface area contributed by atoms with E-state index in [-0.39, 0.29) is 14.0 Å². The average molecular weight is 341 g/mol. The third-order valence-corrected chi connectivity index (χ3v) is 4.16. The van der Waals surface area contributed by atoms with Crippen LogP contribution in [0.5, 0.6) is 0 Å². The second-order valence-electron chi connectivity index (χ2n) is 2.65. The van der Waals surface area contributed by atoms with Gasteiger partial charge in [0.25, 0.3) is 0 Å². The van der Waals surface area contributed by atoms with Gasteiger partial charge in [-0.2, -0.15) is 0 Å². The Morgan fingerprint density at radius 1 is 1.47 bits per heavy atom. The van der Waals surface area contributed by atoms with Crippen LogP contribution in [-0.4, -0.2) is 21.5 Å². The summed E-state index contributed by atoms with van der Waals surface area (Å²) < 4.78 is 27.0. The van der Waals surface area contributed by atoms with Gasteiger partial charge in [0.05, 0.1) is 17.6 Å². The molecule has 15 heavy (non-hydrogen) atoms. The molecular formula is C8H8INO4S. The van der Waals surface area contributed by atoms with E-state index < -0.39 is 16.0 Å². The van der Waals surface area contributed by atoms with Crippen molar-refractivity contribution in [1.82, 2.24) is 0 Å². The summed E-state index contributed by atoms with van der Waals surface area (Å²) in [5.41, 5.74) is 0.185. The van der Waals surface area contributed by atoms with Gasteiger partial charge >= 0.3 is 5.97 Å². The van der Waals surface area contributed by atoms with E-state index in [2.05, 4.69) is 4.74 Å². The van der Waals surface area contributed by atoms with E-state index in [9.17, 15) is 13.2 Å². The fourth-order valence-electron chi connectivity index (χ4n) is 0.998. The Balaban J connectivity index is 3.43. The van der Waals surface area contributed by atoms with Gasteiger partial charge in [-0.1, -0.05) is 6.07 Å². The van der Waals surface area contributed by atoms with E-state index in [0.717, 1.165) is 0 Å². The SMILES string of the molecule is COC(=O)c1cccc(S(N)(=O)=O)c1I. The molecule has 1 rings (SSSR count). The molecule has 0 spiro atoms. The number of benzene rings is 1. The van der Waals surface area contributed by atoms with Crippen LogP contribution in [0.3, 0.4) is 0 Å². The number of primary sulfonamides is 1. The van der Waals surface area contributed by atoms with Crippen LogP contribution in [0.15, 0.2) is 23.1 Å². The summed E-state index contributed by atoms with van der Waals surface area (Å²) in [4.78, 5) is 11.2. The Kier molecular flexibility index (Phi) is 3.68. The summed E-state index contributed by atoms with van der Waals surface area (Å²) in [5, 5.41) is 4.98. The monoisotopic (exact) mass is 341 g/mol. The fraction of sp³-hybridized carbons (Fsp3) is 0.125. The minimum absolute atomic E-state index is 0.0778. The smallest absolute Gasteiger partial charge is 0.338 e. The molecule has 7 heteroatoms. The maximum Gasteiger partial charge on any atom is 0.338 e. The molecule has 0 aromatic heterocycles. The van der Waals surface area contributed by atoms with Gasteiger partial charge in [0, 0.05) is 3.57 Å². The van der Waals surface area contributed by atoms with E-state index in [1.54, 1.807) is 22.6 Å². The van der Waals surface area contributed by atoms with Crippen molar-refractivity contribution in [3.05, 3.63) is 27.3 Å². The molecule has 0 fully saturated rings. The number of nitrogens with two attached hydrogens (primary N) is 1. The number of rotatable bonds is 2. The second-order valence-corrected chi connectivity index (χ2v) is 5.26. The van der Waals surface area contributed by atoms with Crippen molar-refractivity contribution < 1.29 is 17.9 Å². The third kappa shape index (κ3) is 2.67. The molecule has 0 aliphatic rings. The molecule has 0 radical (unpaired) electrons. The molecule has 5 nitrogen and oxygen atoms in total. The Bertz CT molecular complexity index is 497.